The van der Waals surface area contributed by atoms with E-state index < -0.39 is 6.04 Å². The zero-order chi connectivity index (χ0) is 19.0. The van der Waals surface area contributed by atoms with Crippen molar-refractivity contribution < 1.29 is 18.9 Å². The van der Waals surface area contributed by atoms with Crippen LogP contribution in [-0.2, 0) is 9.53 Å². The van der Waals surface area contributed by atoms with Crippen molar-refractivity contribution in [3.8, 4) is 0 Å². The molecule has 3 rings (SSSR count). The summed E-state index contributed by atoms with van der Waals surface area (Å²) < 4.78 is 7.08. The summed E-state index contributed by atoms with van der Waals surface area (Å²) in [6, 6.07) is -0.887. The molecule has 0 spiro atoms. The Labute approximate surface area is 153 Å². The zero-order valence-electron chi connectivity index (χ0n) is 16.1. The summed E-state index contributed by atoms with van der Waals surface area (Å²) in [5.74, 6) is 1.29. The molecule has 26 heavy (non-hydrogen) atoms. The van der Waals surface area contributed by atoms with E-state index in [1.807, 2.05) is 11.5 Å². The molecular formula is C17H27N6O3+. The molecule has 9 nitrogen and oxygen atoms in total. The molecule has 0 N–H and O–H groups in total. The standard InChI is InChI=1S/C17H27N6O3/c1-11(2)6-7-21-15(24)13-14(20(4)17(21)25)18-16-22(13)10-12(3)19-23(16)8-9-26-5/h11,13H,6-10H2,1-5H3/q+1. The van der Waals surface area contributed by atoms with Crippen molar-refractivity contribution in [3.63, 3.8) is 0 Å². The van der Waals surface area contributed by atoms with Crippen LogP contribution in [0.15, 0.2) is 10.1 Å². The second-order valence-corrected chi connectivity index (χ2v) is 7.27. The van der Waals surface area contributed by atoms with Crippen LogP contribution in [0.2, 0.25) is 0 Å². The molecule has 3 aliphatic heterocycles. The van der Waals surface area contributed by atoms with Gasteiger partial charge in [0, 0.05) is 20.7 Å². The van der Waals surface area contributed by atoms with Crippen LogP contribution in [0.5, 0.6) is 0 Å². The highest BCUT2D eigenvalue weighted by atomic mass is 16.5. The van der Waals surface area contributed by atoms with Gasteiger partial charge >= 0.3 is 12.0 Å². The normalized spacial score (nSPS) is 22.8. The number of rotatable bonds is 6. The third-order valence-electron chi connectivity index (χ3n) is 4.75. The highest BCUT2D eigenvalue weighted by molar-refractivity contribution is 6.23. The van der Waals surface area contributed by atoms with Gasteiger partial charge in [0.1, 0.15) is 13.1 Å². The molecule has 0 bridgehead atoms. The lowest BCUT2D eigenvalue weighted by Gasteiger charge is -2.34. The zero-order valence-corrected chi connectivity index (χ0v) is 16.1. The van der Waals surface area contributed by atoms with Gasteiger partial charge in [0.15, 0.2) is 0 Å². The second kappa shape index (κ2) is 7.14. The molecule has 0 aromatic carbocycles. The number of likely N-dealkylation sites (N-methyl/N-ethyl adjacent to an activating group) is 1. The molecule has 3 heterocycles. The molecule has 0 aromatic heterocycles. The van der Waals surface area contributed by atoms with Gasteiger partial charge in [-0.3, -0.25) is 14.6 Å². The lowest BCUT2D eigenvalue weighted by molar-refractivity contribution is -0.527. The number of guanidine groups is 1. The highest BCUT2D eigenvalue weighted by Gasteiger charge is 2.54. The van der Waals surface area contributed by atoms with Gasteiger partial charge in [0.05, 0.1) is 12.3 Å². The van der Waals surface area contributed by atoms with Gasteiger partial charge in [-0.2, -0.15) is 0 Å². The number of hydrazone groups is 1. The largest absolute Gasteiger partial charge is 0.416 e. The van der Waals surface area contributed by atoms with E-state index >= 15 is 0 Å². The molecule has 142 valence electrons. The van der Waals surface area contributed by atoms with Crippen LogP contribution >= 0.6 is 0 Å². The summed E-state index contributed by atoms with van der Waals surface area (Å²) in [5.41, 5.74) is 0.891. The van der Waals surface area contributed by atoms with Crippen LogP contribution in [0.25, 0.3) is 0 Å². The number of aliphatic imine (C=N–C) groups is 1. The van der Waals surface area contributed by atoms with Gasteiger partial charge in [-0.1, -0.05) is 18.8 Å². The Hall–Kier alpha value is -2.29. The fourth-order valence-electron chi connectivity index (χ4n) is 3.32. The maximum absolute atomic E-state index is 13.1. The molecule has 1 unspecified atom stereocenters. The van der Waals surface area contributed by atoms with E-state index in [2.05, 4.69) is 23.9 Å². The highest BCUT2D eigenvalue weighted by Crippen LogP contribution is 2.23. The van der Waals surface area contributed by atoms with Crippen molar-refractivity contribution in [3.05, 3.63) is 0 Å². The van der Waals surface area contributed by atoms with E-state index in [0.717, 1.165) is 12.1 Å². The molecule has 3 amide bonds. The fourth-order valence-corrected chi connectivity index (χ4v) is 3.32. The van der Waals surface area contributed by atoms with Gasteiger partial charge in [-0.05, 0) is 19.3 Å². The fraction of sp³-hybridized carbons (Fsp3) is 0.706. The molecule has 1 saturated heterocycles. The first-order valence-electron chi connectivity index (χ1n) is 8.97. The van der Waals surface area contributed by atoms with Crippen molar-refractivity contribution in [2.45, 2.75) is 33.2 Å². The summed E-state index contributed by atoms with van der Waals surface area (Å²) in [7, 11) is 3.31. The molecule has 1 atom stereocenters. The minimum atomic E-state index is -0.574. The van der Waals surface area contributed by atoms with E-state index in [1.54, 1.807) is 19.2 Å². The Morgan fingerprint density at radius 1 is 1.31 bits per heavy atom. The smallest absolute Gasteiger partial charge is 0.381 e. The SMILES string of the molecule is COCCN1N=C(C)C[N+]2=C1N=C1C2C(=O)N(CCC(C)C)C(=O)N1C. The maximum Gasteiger partial charge on any atom is 0.416 e. The van der Waals surface area contributed by atoms with Crippen molar-refractivity contribution in [2.24, 2.45) is 16.0 Å². The molecular weight excluding hydrogens is 336 g/mol. The number of hydrogen-bond acceptors (Lipinski definition) is 6. The van der Waals surface area contributed by atoms with Crippen LogP contribution in [0.1, 0.15) is 27.2 Å². The minimum Gasteiger partial charge on any atom is -0.381 e. The van der Waals surface area contributed by atoms with Crippen LogP contribution in [0.4, 0.5) is 4.79 Å². The van der Waals surface area contributed by atoms with Crippen molar-refractivity contribution >= 4 is 29.4 Å². The second-order valence-electron chi connectivity index (χ2n) is 7.27. The Balaban J connectivity index is 1.91. The average Bonchev–Trinajstić information content (AvgIpc) is 2.97. The van der Waals surface area contributed by atoms with Crippen molar-refractivity contribution in [1.29, 1.82) is 0 Å². The molecule has 9 heteroatoms. The number of amidine groups is 1. The predicted molar refractivity (Wildman–Crippen MR) is 97.4 cm³/mol. The summed E-state index contributed by atoms with van der Waals surface area (Å²) >= 11 is 0. The van der Waals surface area contributed by atoms with Crippen LogP contribution in [0, 0.1) is 5.92 Å². The number of fused-ring (bicyclic) bond motifs is 2. The third kappa shape index (κ3) is 3.11. The number of carbonyl (C=O) groups excluding carboxylic acids is 2. The van der Waals surface area contributed by atoms with E-state index in [0.29, 0.717) is 44.0 Å². The summed E-state index contributed by atoms with van der Waals surface area (Å²) in [6.45, 7) is 8.05. The number of methoxy groups -OCH3 is 1. The maximum atomic E-state index is 13.1. The van der Waals surface area contributed by atoms with Crippen LogP contribution < -0.4 is 0 Å². The van der Waals surface area contributed by atoms with Gasteiger partial charge in [-0.25, -0.2) is 9.37 Å². The van der Waals surface area contributed by atoms with E-state index in [1.165, 1.54) is 9.80 Å². The summed E-state index contributed by atoms with van der Waals surface area (Å²) in [5, 5.41) is 6.27. The molecule has 0 saturated carbocycles. The van der Waals surface area contributed by atoms with Crippen molar-refractivity contribution in [1.82, 2.24) is 14.8 Å². The molecule has 3 aliphatic rings. The van der Waals surface area contributed by atoms with E-state index in [9.17, 15) is 9.59 Å². The Kier molecular flexibility index (Phi) is 5.08. The van der Waals surface area contributed by atoms with Gasteiger partial charge in [0.25, 0.3) is 5.91 Å². The number of amides is 3. The number of urea groups is 1. The summed E-state index contributed by atoms with van der Waals surface area (Å²) in [4.78, 5) is 33.2. The number of hydrogen-bond donors (Lipinski definition) is 0. The molecule has 0 aliphatic carbocycles. The lowest BCUT2D eigenvalue weighted by atomic mass is 10.1. The third-order valence-corrected chi connectivity index (χ3v) is 4.75. The monoisotopic (exact) mass is 363 g/mol. The Morgan fingerprint density at radius 3 is 2.69 bits per heavy atom. The summed E-state index contributed by atoms with van der Waals surface area (Å²) in [6.07, 6.45) is 0.779. The lowest BCUT2D eigenvalue weighted by Crippen LogP contribution is -2.63. The Morgan fingerprint density at radius 2 is 2.04 bits per heavy atom. The first-order chi connectivity index (χ1) is 12.3. The van der Waals surface area contributed by atoms with Crippen LogP contribution in [-0.4, -0.2) is 95.3 Å². The molecule has 0 aromatic rings. The first kappa shape index (κ1) is 18.5. The molecule has 1 fully saturated rings. The molecule has 0 radical (unpaired) electrons. The minimum absolute atomic E-state index is 0.205. The number of imide groups is 1. The Bertz CT molecular complexity index is 711. The van der Waals surface area contributed by atoms with Crippen LogP contribution in [0.3, 0.4) is 0 Å². The number of nitrogens with zero attached hydrogens (tertiary/aromatic N) is 6. The van der Waals surface area contributed by atoms with E-state index in [-0.39, 0.29) is 11.9 Å². The van der Waals surface area contributed by atoms with Gasteiger partial charge in [0.2, 0.25) is 11.9 Å². The van der Waals surface area contributed by atoms with Crippen molar-refractivity contribution in [2.75, 3.05) is 40.4 Å². The van der Waals surface area contributed by atoms with E-state index in [4.69, 9.17) is 4.74 Å². The average molecular weight is 363 g/mol. The predicted octanol–water partition coefficient (Wildman–Crippen LogP) is 0.414. The van der Waals surface area contributed by atoms with Gasteiger partial charge in [-0.15, -0.1) is 10.1 Å². The van der Waals surface area contributed by atoms with Gasteiger partial charge < -0.3 is 4.74 Å². The topological polar surface area (TPSA) is 80.8 Å². The first-order valence-corrected chi connectivity index (χ1v) is 8.97. The number of ether oxygens (including phenoxy) is 1. The number of carbonyl (C=O) groups is 2. The quantitative estimate of drug-likeness (QED) is 0.640.